The van der Waals surface area contributed by atoms with Crippen molar-refractivity contribution in [2.24, 2.45) is 0 Å². The van der Waals surface area contributed by atoms with E-state index in [0.29, 0.717) is 12.2 Å². The van der Waals surface area contributed by atoms with Gasteiger partial charge in [0, 0.05) is 25.3 Å². The van der Waals surface area contributed by atoms with E-state index >= 15 is 0 Å². The highest BCUT2D eigenvalue weighted by atomic mass is 32.2. The average Bonchev–Trinajstić information content (AvgIpc) is 3.25. The van der Waals surface area contributed by atoms with Crippen molar-refractivity contribution in [2.45, 2.75) is 30.4 Å². The normalized spacial score (nSPS) is 16.5. The minimum absolute atomic E-state index is 0.0439. The van der Waals surface area contributed by atoms with Gasteiger partial charge < -0.3 is 9.47 Å². The maximum Gasteiger partial charge on any atom is 0.338 e. The molecule has 1 saturated heterocycles. The molecule has 0 bridgehead atoms. The van der Waals surface area contributed by atoms with E-state index in [1.165, 1.54) is 48.5 Å². The van der Waals surface area contributed by atoms with Gasteiger partial charge in [0.2, 0.25) is 10.0 Å². The summed E-state index contributed by atoms with van der Waals surface area (Å²) in [5.41, 5.74) is 0.747. The van der Waals surface area contributed by atoms with Crippen LogP contribution in [-0.4, -0.2) is 38.6 Å². The molecule has 0 amide bonds. The number of nitrogens with zero attached hydrogens (tertiary/aromatic N) is 1. The van der Waals surface area contributed by atoms with E-state index in [1.807, 2.05) is 0 Å². The van der Waals surface area contributed by atoms with Gasteiger partial charge in [0.15, 0.2) is 0 Å². The maximum absolute atomic E-state index is 12.3. The van der Waals surface area contributed by atoms with Gasteiger partial charge in [-0.1, -0.05) is 0 Å². The number of hydrogen-bond donors (Lipinski definition) is 1. The Labute approximate surface area is 167 Å². The van der Waals surface area contributed by atoms with Crippen LogP contribution >= 0.6 is 0 Å². The molecule has 1 aliphatic heterocycles. The topological polar surface area (TPSA) is 125 Å². The van der Waals surface area contributed by atoms with E-state index < -0.39 is 20.9 Å². The lowest BCUT2D eigenvalue weighted by Gasteiger charge is -2.11. The Morgan fingerprint density at radius 2 is 1.86 bits per heavy atom. The number of nitro benzene ring substituents is 1. The third-order valence-corrected chi connectivity index (χ3v) is 5.88. The molecule has 0 aromatic heterocycles. The highest BCUT2D eigenvalue weighted by Crippen LogP contribution is 2.16. The number of carbonyl (C=O) groups is 1. The lowest BCUT2D eigenvalue weighted by Crippen LogP contribution is -2.31. The first kappa shape index (κ1) is 20.9. The summed E-state index contributed by atoms with van der Waals surface area (Å²) in [6.07, 6.45) is 1.63. The lowest BCUT2D eigenvalue weighted by molar-refractivity contribution is -0.384. The number of rotatable bonds is 8. The standard InChI is InChI=1S/C19H20N2O7S/c22-19(28-13-14-3-7-16(8-4-14)21(23)24)15-5-9-18(10-6-15)29(25,26)20-12-17-2-1-11-27-17/h3-10,17,20H,1-2,11-13H2/t17-/m1/s1. The van der Waals surface area contributed by atoms with Crippen LogP contribution in [0.1, 0.15) is 28.8 Å². The highest BCUT2D eigenvalue weighted by molar-refractivity contribution is 7.89. The van der Waals surface area contributed by atoms with Crippen LogP contribution in [0.5, 0.6) is 0 Å². The van der Waals surface area contributed by atoms with Crippen LogP contribution in [0.2, 0.25) is 0 Å². The van der Waals surface area contributed by atoms with Gasteiger partial charge in [-0.05, 0) is 54.8 Å². The number of nitrogens with one attached hydrogen (secondary N) is 1. The Kier molecular flexibility index (Phi) is 6.57. The van der Waals surface area contributed by atoms with Gasteiger partial charge in [0.25, 0.3) is 5.69 Å². The zero-order valence-electron chi connectivity index (χ0n) is 15.4. The second kappa shape index (κ2) is 9.12. The summed E-state index contributed by atoms with van der Waals surface area (Å²) in [5.74, 6) is -0.625. The molecule has 29 heavy (non-hydrogen) atoms. The van der Waals surface area contributed by atoms with E-state index in [0.717, 1.165) is 12.8 Å². The van der Waals surface area contributed by atoms with E-state index in [9.17, 15) is 23.3 Å². The van der Waals surface area contributed by atoms with Crippen LogP contribution in [0.25, 0.3) is 0 Å². The summed E-state index contributed by atoms with van der Waals surface area (Å²) < 4.78 is 37.7. The van der Waals surface area contributed by atoms with Crippen molar-refractivity contribution < 1.29 is 27.6 Å². The lowest BCUT2D eigenvalue weighted by atomic mass is 10.2. The van der Waals surface area contributed by atoms with Crippen LogP contribution in [-0.2, 0) is 26.1 Å². The third kappa shape index (κ3) is 5.59. The molecule has 2 aromatic rings. The SMILES string of the molecule is O=C(OCc1ccc([N+](=O)[O-])cc1)c1ccc(S(=O)(=O)NC[C@H]2CCCO2)cc1. The quantitative estimate of drug-likeness (QED) is 0.395. The molecule has 1 N–H and O–H groups in total. The molecule has 2 aromatic carbocycles. The van der Waals surface area contributed by atoms with Gasteiger partial charge in [-0.25, -0.2) is 17.9 Å². The van der Waals surface area contributed by atoms with Gasteiger partial charge in [-0.15, -0.1) is 0 Å². The first-order chi connectivity index (χ1) is 13.8. The number of ether oxygens (including phenoxy) is 2. The van der Waals surface area contributed by atoms with Crippen molar-refractivity contribution >= 4 is 21.7 Å². The number of esters is 1. The molecule has 0 radical (unpaired) electrons. The second-order valence-electron chi connectivity index (χ2n) is 6.51. The first-order valence-corrected chi connectivity index (χ1v) is 10.5. The van der Waals surface area contributed by atoms with Gasteiger partial charge in [-0.3, -0.25) is 10.1 Å². The smallest absolute Gasteiger partial charge is 0.338 e. The molecule has 1 aliphatic rings. The van der Waals surface area contributed by atoms with Gasteiger partial charge in [0.05, 0.1) is 21.5 Å². The van der Waals surface area contributed by atoms with Crippen LogP contribution in [0.4, 0.5) is 5.69 Å². The Hall–Kier alpha value is -2.82. The highest BCUT2D eigenvalue weighted by Gasteiger charge is 2.20. The molecule has 10 heteroatoms. The van der Waals surface area contributed by atoms with Crippen molar-refractivity contribution in [1.29, 1.82) is 0 Å². The van der Waals surface area contributed by atoms with Gasteiger partial charge >= 0.3 is 5.97 Å². The van der Waals surface area contributed by atoms with Crippen LogP contribution in [0.15, 0.2) is 53.4 Å². The van der Waals surface area contributed by atoms with Crippen LogP contribution in [0, 0.1) is 10.1 Å². The number of non-ortho nitro benzene ring substituents is 1. The zero-order valence-corrected chi connectivity index (χ0v) is 16.3. The summed E-state index contributed by atoms with van der Waals surface area (Å²) in [6.45, 7) is 0.796. The summed E-state index contributed by atoms with van der Waals surface area (Å²) in [6, 6.07) is 11.1. The van der Waals surface area contributed by atoms with E-state index in [4.69, 9.17) is 9.47 Å². The Balaban J connectivity index is 1.55. The third-order valence-electron chi connectivity index (χ3n) is 4.44. The van der Waals surface area contributed by atoms with E-state index in [2.05, 4.69) is 4.72 Å². The molecule has 0 unspecified atom stereocenters. The summed E-state index contributed by atoms with van der Waals surface area (Å²) in [5, 5.41) is 10.6. The Morgan fingerprint density at radius 3 is 2.45 bits per heavy atom. The van der Waals surface area contributed by atoms with E-state index in [-0.39, 0.29) is 35.4 Å². The first-order valence-electron chi connectivity index (χ1n) is 8.97. The van der Waals surface area contributed by atoms with Crippen molar-refractivity contribution in [3.8, 4) is 0 Å². The molecule has 1 atom stereocenters. The molecule has 0 spiro atoms. The maximum atomic E-state index is 12.3. The average molecular weight is 420 g/mol. The molecule has 1 fully saturated rings. The molecule has 0 aliphatic carbocycles. The molecule has 9 nitrogen and oxygen atoms in total. The largest absolute Gasteiger partial charge is 0.457 e. The number of sulfonamides is 1. The number of benzene rings is 2. The van der Waals surface area contributed by atoms with Crippen molar-refractivity contribution in [2.75, 3.05) is 13.2 Å². The predicted octanol–water partition coefficient (Wildman–Crippen LogP) is 2.41. The monoisotopic (exact) mass is 420 g/mol. The minimum Gasteiger partial charge on any atom is -0.457 e. The van der Waals surface area contributed by atoms with E-state index in [1.54, 1.807) is 0 Å². The molecule has 0 saturated carbocycles. The molecular weight excluding hydrogens is 400 g/mol. The summed E-state index contributed by atoms with van der Waals surface area (Å²) in [7, 11) is -3.69. The minimum atomic E-state index is -3.69. The fraction of sp³-hybridized carbons (Fsp3) is 0.316. The number of hydrogen-bond acceptors (Lipinski definition) is 7. The van der Waals surface area contributed by atoms with Crippen molar-refractivity contribution in [3.05, 3.63) is 69.8 Å². The Morgan fingerprint density at radius 1 is 1.17 bits per heavy atom. The summed E-state index contributed by atoms with van der Waals surface area (Å²) >= 11 is 0. The van der Waals surface area contributed by atoms with Crippen molar-refractivity contribution in [1.82, 2.24) is 4.72 Å². The number of carbonyl (C=O) groups excluding carboxylic acids is 1. The van der Waals surface area contributed by atoms with Crippen LogP contribution in [0.3, 0.4) is 0 Å². The predicted molar refractivity (Wildman–Crippen MR) is 103 cm³/mol. The Bertz CT molecular complexity index is 967. The van der Waals surface area contributed by atoms with Gasteiger partial charge in [0.1, 0.15) is 6.61 Å². The zero-order chi connectivity index (χ0) is 20.9. The van der Waals surface area contributed by atoms with Gasteiger partial charge in [-0.2, -0.15) is 0 Å². The molecular formula is C19H20N2O7S. The molecule has 1 heterocycles. The van der Waals surface area contributed by atoms with Crippen LogP contribution < -0.4 is 4.72 Å². The fourth-order valence-corrected chi connectivity index (χ4v) is 3.87. The molecule has 154 valence electrons. The second-order valence-corrected chi connectivity index (χ2v) is 8.28. The number of nitro groups is 1. The van der Waals surface area contributed by atoms with Crippen molar-refractivity contribution in [3.63, 3.8) is 0 Å². The molecule has 3 rings (SSSR count). The fourth-order valence-electron chi connectivity index (χ4n) is 2.81. The summed E-state index contributed by atoms with van der Waals surface area (Å²) in [4.78, 5) is 22.3.